The maximum absolute atomic E-state index is 13.1. The second kappa shape index (κ2) is 14.1. The van der Waals surface area contributed by atoms with Crippen molar-refractivity contribution in [3.63, 3.8) is 0 Å². The Kier molecular flexibility index (Phi) is 9.64. The number of likely N-dealkylation sites (N-methyl/N-ethyl adjacent to an activating group) is 1. The van der Waals surface area contributed by atoms with Crippen LogP contribution in [-0.2, 0) is 4.79 Å². The van der Waals surface area contributed by atoms with Gasteiger partial charge < -0.3 is 31.4 Å². The molecule has 3 heterocycles. The molecule has 0 aromatic heterocycles. The smallest absolute Gasteiger partial charge is 0.262 e. The topological polar surface area (TPSA) is 167 Å². The molecule has 2 saturated heterocycles. The third-order valence-electron chi connectivity index (χ3n) is 10.3. The molecule has 2 fully saturated rings. The molecule has 49 heavy (non-hydrogen) atoms. The van der Waals surface area contributed by atoms with Crippen molar-refractivity contribution in [3.8, 4) is 5.75 Å². The van der Waals surface area contributed by atoms with Gasteiger partial charge in [-0.3, -0.25) is 24.7 Å². The molecule has 0 radical (unpaired) electrons. The molecule has 1 unspecified atom stereocenters. The van der Waals surface area contributed by atoms with Gasteiger partial charge in [-0.2, -0.15) is 0 Å². The van der Waals surface area contributed by atoms with Gasteiger partial charge in [0, 0.05) is 43.0 Å². The summed E-state index contributed by atoms with van der Waals surface area (Å²) in [6.45, 7) is 5.31. The van der Waals surface area contributed by atoms with Crippen molar-refractivity contribution in [1.82, 2.24) is 15.1 Å². The van der Waals surface area contributed by atoms with Crippen LogP contribution in [0.1, 0.15) is 75.9 Å². The number of likely N-dealkylation sites (tertiary alicyclic amines) is 1. The van der Waals surface area contributed by atoms with Crippen molar-refractivity contribution in [2.75, 3.05) is 38.1 Å². The number of amides is 3. The zero-order valence-electron chi connectivity index (χ0n) is 27.9. The molecular weight excluding hydrogens is 618 g/mol. The van der Waals surface area contributed by atoms with Gasteiger partial charge in [0.2, 0.25) is 5.91 Å². The van der Waals surface area contributed by atoms with E-state index in [1.165, 1.54) is 24.8 Å². The third kappa shape index (κ3) is 6.71. The van der Waals surface area contributed by atoms with Crippen molar-refractivity contribution in [2.45, 2.75) is 50.6 Å². The number of allylic oxidation sites excluding steroid dienone is 1. The van der Waals surface area contributed by atoms with E-state index in [0.717, 1.165) is 68.0 Å². The number of para-hydroxylation sites is 1. The fourth-order valence-electron chi connectivity index (χ4n) is 7.38. The lowest BCUT2D eigenvalue weighted by atomic mass is 9.87. The number of nitrogens with zero attached hydrogens (tertiary/aromatic N) is 3. The van der Waals surface area contributed by atoms with Crippen LogP contribution in [0.5, 0.6) is 5.75 Å². The highest BCUT2D eigenvalue weighted by molar-refractivity contribution is 6.27. The predicted octanol–water partition coefficient (Wildman–Crippen LogP) is 4.36. The predicted molar refractivity (Wildman–Crippen MR) is 191 cm³/mol. The standard InChI is InChI=1S/C38H43N7O4/c1-23(36(47)42-2)45-37(48)29-12-11-28(21-32(29)38(45)49)44-19-15-27(16-20-44)43-17-13-25(14-18-43)24-7-9-26(10-8-24)31(35(40)41)22-33(39)30-5-3-4-6-34(30)46/h3-12,21-23,25,27,39,46H,13-20H2,1-2H3,(H3,40,41)(H,42,47)/b31-22-,39-33?. The second-order valence-corrected chi connectivity index (χ2v) is 13.1. The van der Waals surface area contributed by atoms with Crippen LogP contribution in [0.3, 0.4) is 0 Å². The lowest BCUT2D eigenvalue weighted by Crippen LogP contribution is -2.47. The highest BCUT2D eigenvalue weighted by Gasteiger charge is 2.41. The molecule has 11 nitrogen and oxygen atoms in total. The number of amidine groups is 1. The maximum Gasteiger partial charge on any atom is 0.262 e. The number of fused-ring (bicyclic) bond motifs is 1. The number of aromatic hydroxyl groups is 1. The first kappa shape index (κ1) is 33.6. The maximum atomic E-state index is 13.1. The van der Waals surface area contributed by atoms with Crippen LogP contribution in [0, 0.1) is 10.8 Å². The Hall–Kier alpha value is -5.29. The van der Waals surface area contributed by atoms with Crippen LogP contribution in [-0.4, -0.2) is 89.5 Å². The summed E-state index contributed by atoms with van der Waals surface area (Å²) in [6.07, 6.45) is 5.67. The number of phenolic OH excluding ortho intramolecular Hbond substituents is 1. The van der Waals surface area contributed by atoms with Crippen molar-refractivity contribution in [1.29, 1.82) is 10.8 Å². The number of hydrogen-bond donors (Lipinski definition) is 5. The first-order valence-electron chi connectivity index (χ1n) is 16.8. The summed E-state index contributed by atoms with van der Waals surface area (Å²) in [5, 5.41) is 29.2. The molecule has 3 aliphatic heterocycles. The van der Waals surface area contributed by atoms with E-state index in [1.54, 1.807) is 37.3 Å². The number of nitrogens with one attached hydrogen (secondary N) is 3. The monoisotopic (exact) mass is 661 g/mol. The summed E-state index contributed by atoms with van der Waals surface area (Å²) in [6, 6.07) is 19.8. The molecule has 1 atom stereocenters. The average molecular weight is 662 g/mol. The number of anilines is 1. The molecule has 3 aromatic carbocycles. The van der Waals surface area contributed by atoms with Gasteiger partial charge >= 0.3 is 0 Å². The van der Waals surface area contributed by atoms with Crippen LogP contribution in [0.4, 0.5) is 5.69 Å². The Morgan fingerprint density at radius 2 is 1.57 bits per heavy atom. The highest BCUT2D eigenvalue weighted by atomic mass is 16.3. The minimum atomic E-state index is -0.875. The van der Waals surface area contributed by atoms with Crippen molar-refractivity contribution in [3.05, 3.63) is 101 Å². The molecule has 3 aromatic rings. The quantitative estimate of drug-likeness (QED) is 0.129. The summed E-state index contributed by atoms with van der Waals surface area (Å²) < 4.78 is 0. The van der Waals surface area contributed by atoms with Crippen LogP contribution in [0.15, 0.2) is 72.8 Å². The lowest BCUT2D eigenvalue weighted by molar-refractivity contribution is -0.124. The fraction of sp³-hybridized carbons (Fsp3) is 0.342. The van der Waals surface area contributed by atoms with E-state index in [2.05, 4.69) is 27.2 Å². The van der Waals surface area contributed by atoms with Crippen LogP contribution < -0.4 is 16.0 Å². The van der Waals surface area contributed by atoms with Gasteiger partial charge in [-0.15, -0.1) is 0 Å². The largest absolute Gasteiger partial charge is 0.507 e. The van der Waals surface area contributed by atoms with E-state index in [1.807, 2.05) is 18.2 Å². The number of imide groups is 1. The minimum Gasteiger partial charge on any atom is -0.507 e. The number of piperidine rings is 2. The summed E-state index contributed by atoms with van der Waals surface area (Å²) >= 11 is 0. The van der Waals surface area contributed by atoms with Gasteiger partial charge in [0.15, 0.2) is 0 Å². The second-order valence-electron chi connectivity index (χ2n) is 13.1. The van der Waals surface area contributed by atoms with Crippen molar-refractivity contribution in [2.24, 2.45) is 5.73 Å². The van der Waals surface area contributed by atoms with E-state index in [0.29, 0.717) is 34.2 Å². The summed E-state index contributed by atoms with van der Waals surface area (Å²) in [4.78, 5) is 44.1. The first-order chi connectivity index (χ1) is 23.6. The zero-order valence-corrected chi connectivity index (χ0v) is 27.9. The van der Waals surface area contributed by atoms with E-state index in [-0.39, 0.29) is 23.2 Å². The molecule has 0 spiro atoms. The van der Waals surface area contributed by atoms with E-state index < -0.39 is 17.9 Å². The Labute approximate surface area is 286 Å². The summed E-state index contributed by atoms with van der Waals surface area (Å²) in [7, 11) is 1.49. The number of benzene rings is 3. The van der Waals surface area contributed by atoms with Gasteiger partial charge in [-0.1, -0.05) is 36.4 Å². The van der Waals surface area contributed by atoms with Crippen LogP contribution in [0.25, 0.3) is 5.57 Å². The molecule has 6 N–H and O–H groups in total. The van der Waals surface area contributed by atoms with Crippen LogP contribution in [0.2, 0.25) is 0 Å². The van der Waals surface area contributed by atoms with Gasteiger partial charge in [0.1, 0.15) is 17.6 Å². The molecule has 0 saturated carbocycles. The first-order valence-corrected chi connectivity index (χ1v) is 16.8. The Morgan fingerprint density at radius 1 is 0.918 bits per heavy atom. The number of carbonyl (C=O) groups excluding carboxylic acids is 3. The van der Waals surface area contributed by atoms with Crippen molar-refractivity contribution >= 4 is 40.5 Å². The number of carbonyl (C=O) groups is 3. The molecule has 254 valence electrons. The zero-order chi connectivity index (χ0) is 34.8. The normalized spacial score (nSPS) is 18.4. The highest BCUT2D eigenvalue weighted by Crippen LogP contribution is 2.34. The number of hydrogen-bond acceptors (Lipinski definition) is 8. The number of phenols is 1. The summed E-state index contributed by atoms with van der Waals surface area (Å²) in [5.41, 5.74) is 10.5. The van der Waals surface area contributed by atoms with E-state index in [9.17, 15) is 19.5 Å². The molecule has 3 amide bonds. The van der Waals surface area contributed by atoms with Crippen molar-refractivity contribution < 1.29 is 19.5 Å². The molecule has 6 rings (SSSR count). The fourth-order valence-corrected chi connectivity index (χ4v) is 7.38. The summed E-state index contributed by atoms with van der Waals surface area (Å²) in [5.74, 6) is -0.919. The lowest BCUT2D eigenvalue weighted by Gasteiger charge is -2.42. The van der Waals surface area contributed by atoms with Gasteiger partial charge in [-0.25, -0.2) is 0 Å². The molecule has 0 bridgehead atoms. The van der Waals surface area contributed by atoms with E-state index >= 15 is 0 Å². The van der Waals surface area contributed by atoms with Crippen LogP contribution >= 0.6 is 0 Å². The van der Waals surface area contributed by atoms with E-state index in [4.69, 9.17) is 16.6 Å². The Morgan fingerprint density at radius 3 is 2.20 bits per heavy atom. The Balaban J connectivity index is 1.03. The van der Waals surface area contributed by atoms with Gasteiger partial charge in [0.05, 0.1) is 16.8 Å². The minimum absolute atomic E-state index is 0.0112. The van der Waals surface area contributed by atoms with Gasteiger partial charge in [-0.05, 0) is 99.1 Å². The number of nitrogens with two attached hydrogens (primary N) is 1. The molecular formula is C38H43N7O4. The molecule has 11 heteroatoms. The average Bonchev–Trinajstić information content (AvgIpc) is 3.38. The Bertz CT molecular complexity index is 1820. The SMILES string of the molecule is CNC(=O)C(C)N1C(=O)c2ccc(N3CCC(N4CCC(c5ccc(/C(=C/C(=N)c6ccccc6O)C(=N)N)cc5)CC4)CC3)cc2C1=O. The molecule has 0 aliphatic carbocycles. The third-order valence-corrected chi connectivity index (χ3v) is 10.3. The number of rotatable bonds is 9. The molecule has 3 aliphatic rings. The van der Waals surface area contributed by atoms with Gasteiger partial charge in [0.25, 0.3) is 11.8 Å².